The SMILES string of the molecule is CCC(CO)(COC/C(N)=C/N(N)CCCCCC=O)CC(C)(C)C(C)(C)CC. The maximum absolute atomic E-state index is 10.3. The van der Waals surface area contributed by atoms with Crippen molar-refractivity contribution in [3.63, 3.8) is 0 Å². The van der Waals surface area contributed by atoms with E-state index in [2.05, 4.69) is 41.5 Å². The van der Waals surface area contributed by atoms with E-state index in [1.807, 2.05) is 0 Å². The van der Waals surface area contributed by atoms with E-state index in [-0.39, 0.29) is 29.5 Å². The van der Waals surface area contributed by atoms with Crippen LogP contribution >= 0.6 is 0 Å². The van der Waals surface area contributed by atoms with Crippen LogP contribution in [0.4, 0.5) is 0 Å². The van der Waals surface area contributed by atoms with Crippen molar-refractivity contribution in [3.8, 4) is 0 Å². The second-order valence-electron chi connectivity index (χ2n) is 9.76. The quantitative estimate of drug-likeness (QED) is 0.144. The lowest BCUT2D eigenvalue weighted by atomic mass is 9.59. The van der Waals surface area contributed by atoms with Gasteiger partial charge in [0.1, 0.15) is 6.29 Å². The standard InChI is InChI=1S/C23H47N3O3/c1-7-21(3,4)22(5,6)17-23(8-2,18-28)19-29-16-20(24)15-26(25)13-11-9-10-12-14-27/h14-15,28H,7-13,16-19,24-25H2,1-6H3/b20-15-. The fourth-order valence-electron chi connectivity index (χ4n) is 3.55. The van der Waals surface area contributed by atoms with Gasteiger partial charge in [-0.25, -0.2) is 5.84 Å². The molecule has 0 spiro atoms. The first kappa shape index (κ1) is 27.9. The molecule has 0 aliphatic heterocycles. The van der Waals surface area contributed by atoms with Gasteiger partial charge in [0.2, 0.25) is 0 Å². The fraction of sp³-hybridized carbons (Fsp3) is 0.870. The van der Waals surface area contributed by atoms with E-state index in [1.165, 1.54) is 0 Å². The fourth-order valence-corrected chi connectivity index (χ4v) is 3.55. The first-order valence-corrected chi connectivity index (χ1v) is 11.1. The molecule has 29 heavy (non-hydrogen) atoms. The van der Waals surface area contributed by atoms with Crippen molar-refractivity contribution in [2.24, 2.45) is 27.8 Å². The van der Waals surface area contributed by atoms with Gasteiger partial charge in [0.15, 0.2) is 0 Å². The van der Waals surface area contributed by atoms with Gasteiger partial charge < -0.3 is 25.4 Å². The van der Waals surface area contributed by atoms with Crippen molar-refractivity contribution < 1.29 is 14.6 Å². The Balaban J connectivity index is 4.67. The normalized spacial score (nSPS) is 15.2. The van der Waals surface area contributed by atoms with Gasteiger partial charge in [-0.15, -0.1) is 0 Å². The van der Waals surface area contributed by atoms with Gasteiger partial charge in [0, 0.05) is 24.6 Å². The average molecular weight is 414 g/mol. The van der Waals surface area contributed by atoms with Gasteiger partial charge in [-0.1, -0.05) is 54.4 Å². The first-order chi connectivity index (χ1) is 13.5. The zero-order chi connectivity index (χ0) is 22.6. The number of carbonyl (C=O) groups is 1. The minimum atomic E-state index is -0.281. The van der Waals surface area contributed by atoms with Gasteiger partial charge >= 0.3 is 0 Å². The Morgan fingerprint density at radius 1 is 1.07 bits per heavy atom. The highest BCUT2D eigenvalue weighted by Crippen LogP contribution is 2.49. The van der Waals surface area contributed by atoms with E-state index in [1.54, 1.807) is 11.2 Å². The molecule has 6 heteroatoms. The van der Waals surface area contributed by atoms with Crippen molar-refractivity contribution in [1.29, 1.82) is 0 Å². The summed E-state index contributed by atoms with van der Waals surface area (Å²) in [4.78, 5) is 10.3. The number of rotatable bonds is 17. The van der Waals surface area contributed by atoms with Crippen LogP contribution in [0.1, 0.15) is 86.5 Å². The smallest absolute Gasteiger partial charge is 0.119 e. The molecule has 0 amide bonds. The molecule has 0 aromatic heterocycles. The average Bonchev–Trinajstić information content (AvgIpc) is 2.66. The summed E-state index contributed by atoms with van der Waals surface area (Å²) in [6.45, 7) is 15.0. The van der Waals surface area contributed by atoms with Crippen LogP contribution in [-0.4, -0.2) is 42.8 Å². The van der Waals surface area contributed by atoms with Crippen LogP contribution in [0, 0.1) is 16.2 Å². The molecular formula is C23H47N3O3. The molecule has 5 N–H and O–H groups in total. The van der Waals surface area contributed by atoms with Gasteiger partial charge in [-0.05, 0) is 36.5 Å². The van der Waals surface area contributed by atoms with E-state index < -0.39 is 0 Å². The molecule has 0 aliphatic carbocycles. The van der Waals surface area contributed by atoms with E-state index in [4.69, 9.17) is 16.3 Å². The molecule has 0 saturated carbocycles. The Labute approximate surface area is 179 Å². The molecule has 0 aromatic rings. The number of hydrogen-bond acceptors (Lipinski definition) is 6. The lowest BCUT2D eigenvalue weighted by Crippen LogP contribution is -2.42. The second kappa shape index (κ2) is 13.2. The number of aliphatic hydroxyl groups is 1. The zero-order valence-electron chi connectivity index (χ0n) is 19.8. The Bertz CT molecular complexity index is 486. The summed E-state index contributed by atoms with van der Waals surface area (Å²) in [5, 5.41) is 11.7. The molecule has 1 unspecified atom stereocenters. The Kier molecular flexibility index (Phi) is 12.7. The van der Waals surface area contributed by atoms with Crippen molar-refractivity contribution in [2.75, 3.05) is 26.4 Å². The Hall–Kier alpha value is -1.11. The Morgan fingerprint density at radius 2 is 1.72 bits per heavy atom. The second-order valence-corrected chi connectivity index (χ2v) is 9.76. The number of nitrogens with zero attached hydrogens (tertiary/aromatic N) is 1. The summed E-state index contributed by atoms with van der Waals surface area (Å²) >= 11 is 0. The minimum absolute atomic E-state index is 0.0726. The molecule has 1 atom stereocenters. The summed E-state index contributed by atoms with van der Waals surface area (Å²) in [5.41, 5.74) is 6.59. The summed E-state index contributed by atoms with van der Waals surface area (Å²) in [6, 6.07) is 0. The predicted molar refractivity (Wildman–Crippen MR) is 121 cm³/mol. The van der Waals surface area contributed by atoms with Gasteiger partial charge in [0.25, 0.3) is 0 Å². The highest BCUT2D eigenvalue weighted by atomic mass is 16.5. The predicted octanol–water partition coefficient (Wildman–Crippen LogP) is 3.98. The number of unbranched alkanes of at least 4 members (excludes halogenated alkanes) is 3. The van der Waals surface area contributed by atoms with E-state index >= 15 is 0 Å². The highest BCUT2D eigenvalue weighted by Gasteiger charge is 2.42. The number of hydrazine groups is 1. The summed E-state index contributed by atoms with van der Waals surface area (Å²) in [6.07, 6.45) is 8.86. The molecule has 0 saturated heterocycles. The molecule has 0 aliphatic rings. The molecule has 0 fully saturated rings. The number of hydrogen-bond donors (Lipinski definition) is 3. The highest BCUT2D eigenvalue weighted by molar-refractivity contribution is 5.48. The molecule has 0 bridgehead atoms. The third kappa shape index (κ3) is 9.96. The number of aldehydes is 1. The molecule has 6 nitrogen and oxygen atoms in total. The molecule has 0 rings (SSSR count). The van der Waals surface area contributed by atoms with Crippen molar-refractivity contribution >= 4 is 6.29 Å². The van der Waals surface area contributed by atoms with Crippen LogP contribution in [0.25, 0.3) is 0 Å². The summed E-state index contributed by atoms with van der Waals surface area (Å²) < 4.78 is 5.92. The molecule has 0 aromatic carbocycles. The zero-order valence-corrected chi connectivity index (χ0v) is 19.8. The lowest BCUT2D eigenvalue weighted by molar-refractivity contribution is -0.107. The van der Waals surface area contributed by atoms with Gasteiger partial charge in [0.05, 0.1) is 25.5 Å². The Morgan fingerprint density at radius 3 is 2.24 bits per heavy atom. The van der Waals surface area contributed by atoms with Crippen LogP contribution in [0.5, 0.6) is 0 Å². The number of nitrogens with two attached hydrogens (primary N) is 2. The third-order valence-electron chi connectivity index (χ3n) is 6.87. The van der Waals surface area contributed by atoms with Crippen LogP contribution in [0.15, 0.2) is 11.9 Å². The van der Waals surface area contributed by atoms with Crippen molar-refractivity contribution in [1.82, 2.24) is 5.01 Å². The monoisotopic (exact) mass is 413 g/mol. The van der Waals surface area contributed by atoms with Crippen LogP contribution < -0.4 is 11.6 Å². The molecule has 0 heterocycles. The van der Waals surface area contributed by atoms with Crippen LogP contribution in [0.3, 0.4) is 0 Å². The number of ether oxygens (including phenoxy) is 1. The molecule has 0 radical (unpaired) electrons. The minimum Gasteiger partial charge on any atom is -0.399 e. The number of aliphatic hydroxyl groups excluding tert-OH is 1. The molecule has 172 valence electrons. The van der Waals surface area contributed by atoms with Crippen LogP contribution in [-0.2, 0) is 9.53 Å². The summed E-state index contributed by atoms with van der Waals surface area (Å²) in [5.74, 6) is 5.96. The molecular weight excluding hydrogens is 366 g/mol. The maximum Gasteiger partial charge on any atom is 0.119 e. The van der Waals surface area contributed by atoms with Gasteiger partial charge in [-0.3, -0.25) is 0 Å². The van der Waals surface area contributed by atoms with Crippen LogP contribution in [0.2, 0.25) is 0 Å². The number of carbonyl (C=O) groups excluding carboxylic acids is 1. The first-order valence-electron chi connectivity index (χ1n) is 11.1. The van der Waals surface area contributed by atoms with E-state index in [0.29, 0.717) is 25.3 Å². The largest absolute Gasteiger partial charge is 0.399 e. The van der Waals surface area contributed by atoms with Gasteiger partial charge in [-0.2, -0.15) is 0 Å². The van der Waals surface area contributed by atoms with E-state index in [9.17, 15) is 9.90 Å². The summed E-state index contributed by atoms with van der Waals surface area (Å²) in [7, 11) is 0. The van der Waals surface area contributed by atoms with Crippen molar-refractivity contribution in [2.45, 2.75) is 86.5 Å². The lowest BCUT2D eigenvalue weighted by Gasteiger charge is -2.47. The topological polar surface area (TPSA) is 102 Å². The van der Waals surface area contributed by atoms with E-state index in [0.717, 1.165) is 44.8 Å². The van der Waals surface area contributed by atoms with Crippen molar-refractivity contribution in [3.05, 3.63) is 11.9 Å². The maximum atomic E-state index is 10.3. The third-order valence-corrected chi connectivity index (χ3v) is 6.87.